The molecule has 1 N–H and O–H groups in total. The molecule has 15 heavy (non-hydrogen) atoms. The first-order chi connectivity index (χ1) is 7.07. The van der Waals surface area contributed by atoms with Gasteiger partial charge in [-0.1, -0.05) is 0 Å². The van der Waals surface area contributed by atoms with Gasteiger partial charge in [-0.25, -0.2) is 0 Å². The summed E-state index contributed by atoms with van der Waals surface area (Å²) in [5.74, 6) is 0. The molecule has 0 aliphatic carbocycles. The van der Waals surface area contributed by atoms with Crippen LogP contribution < -0.4 is 0 Å². The number of aliphatic hydroxyl groups excluding tert-OH is 1. The molecule has 0 aromatic heterocycles. The predicted molar refractivity (Wildman–Crippen MR) is 57.9 cm³/mol. The third-order valence-electron chi connectivity index (χ3n) is 0. The minimum Gasteiger partial charge on any atom is -0.397 e. The molecule has 0 radical (unpaired) electrons. The molecule has 0 amide bonds. The SMILES string of the molecule is CC#N.CC#N.CC#N.CC#N.CCO. The Bertz CT molecular complexity index is 164. The van der Waals surface area contributed by atoms with Crippen molar-refractivity contribution >= 4 is 0 Å². The van der Waals surface area contributed by atoms with Crippen molar-refractivity contribution in [2.75, 3.05) is 6.61 Å². The summed E-state index contributed by atoms with van der Waals surface area (Å²) < 4.78 is 0. The summed E-state index contributed by atoms with van der Waals surface area (Å²) in [7, 11) is 0. The molecule has 84 valence electrons. The van der Waals surface area contributed by atoms with E-state index in [1.54, 1.807) is 31.2 Å². The lowest BCUT2D eigenvalue weighted by molar-refractivity contribution is 0.318. The van der Waals surface area contributed by atoms with E-state index in [1.807, 2.05) is 0 Å². The molecule has 0 rings (SSSR count). The van der Waals surface area contributed by atoms with Crippen LogP contribution in [0.25, 0.3) is 0 Å². The number of hydrogen-bond acceptors (Lipinski definition) is 5. The molecule has 0 bridgehead atoms. The fraction of sp³-hybridized carbons (Fsp3) is 0.600. The van der Waals surface area contributed by atoms with Crippen molar-refractivity contribution in [3.63, 3.8) is 0 Å². The van der Waals surface area contributed by atoms with E-state index in [1.165, 1.54) is 27.7 Å². The lowest BCUT2D eigenvalue weighted by Gasteiger charge is -1.52. The van der Waals surface area contributed by atoms with Gasteiger partial charge in [0.25, 0.3) is 0 Å². The highest BCUT2D eigenvalue weighted by Gasteiger charge is 1.34. The Morgan fingerprint density at radius 2 is 0.733 bits per heavy atom. The number of aliphatic hydroxyl groups is 1. The average Bonchev–Trinajstić information content (AvgIpc) is 2.09. The molecule has 0 unspecified atom stereocenters. The third kappa shape index (κ3) is 271. The molecule has 0 fully saturated rings. The molecule has 0 aromatic carbocycles. The van der Waals surface area contributed by atoms with Crippen molar-refractivity contribution in [2.45, 2.75) is 34.6 Å². The van der Waals surface area contributed by atoms with E-state index in [4.69, 9.17) is 26.2 Å². The van der Waals surface area contributed by atoms with Crippen molar-refractivity contribution in [1.29, 1.82) is 21.0 Å². The number of hydrogen-bond donors (Lipinski definition) is 1. The van der Waals surface area contributed by atoms with Crippen LogP contribution in [0.15, 0.2) is 0 Å². The van der Waals surface area contributed by atoms with Gasteiger partial charge in [-0.05, 0) is 6.92 Å². The Morgan fingerprint density at radius 3 is 0.733 bits per heavy atom. The molecule has 0 aromatic rings. The van der Waals surface area contributed by atoms with Crippen molar-refractivity contribution in [2.24, 2.45) is 0 Å². The molecule has 5 heteroatoms. The smallest absolute Gasteiger partial charge is 0.0587 e. The Kier molecular flexibility index (Phi) is 325. The second-order valence-electron chi connectivity index (χ2n) is 1.21. The first-order valence-corrected chi connectivity index (χ1v) is 3.92. The zero-order valence-corrected chi connectivity index (χ0v) is 9.94. The Hall–Kier alpha value is -2.08. The zero-order chi connectivity index (χ0) is 13.5. The van der Waals surface area contributed by atoms with Gasteiger partial charge in [0.05, 0.1) is 24.3 Å². The van der Waals surface area contributed by atoms with E-state index < -0.39 is 0 Å². The van der Waals surface area contributed by atoms with Crippen molar-refractivity contribution in [3.05, 3.63) is 0 Å². The van der Waals surface area contributed by atoms with Crippen LogP contribution in [0.3, 0.4) is 0 Å². The summed E-state index contributed by atoms with van der Waals surface area (Å²) in [5.41, 5.74) is 0. The van der Waals surface area contributed by atoms with Crippen LogP contribution in [0.1, 0.15) is 34.6 Å². The van der Waals surface area contributed by atoms with E-state index in [2.05, 4.69) is 0 Å². The van der Waals surface area contributed by atoms with E-state index in [-0.39, 0.29) is 6.61 Å². The van der Waals surface area contributed by atoms with Gasteiger partial charge in [0.2, 0.25) is 0 Å². The van der Waals surface area contributed by atoms with Crippen LogP contribution >= 0.6 is 0 Å². The molecular formula is C10H18N4O. The minimum atomic E-state index is 0.250. The standard InChI is InChI=1S/4C2H3N.C2H6O/c5*1-2-3/h4*1H3;3H,2H2,1H3. The quantitative estimate of drug-likeness (QED) is 0.657. The number of nitrogens with zero attached hydrogens (tertiary/aromatic N) is 4. The Balaban J connectivity index is -0.0000000278. The highest BCUT2D eigenvalue weighted by molar-refractivity contribution is 4.51. The summed E-state index contributed by atoms with van der Waals surface area (Å²) in [6.07, 6.45) is 0. The van der Waals surface area contributed by atoms with Gasteiger partial charge in [0.1, 0.15) is 0 Å². The van der Waals surface area contributed by atoms with Crippen LogP contribution in [-0.2, 0) is 0 Å². The van der Waals surface area contributed by atoms with Crippen LogP contribution in [0.2, 0.25) is 0 Å². The van der Waals surface area contributed by atoms with Gasteiger partial charge >= 0.3 is 0 Å². The van der Waals surface area contributed by atoms with Crippen LogP contribution in [-0.4, -0.2) is 11.7 Å². The second-order valence-corrected chi connectivity index (χ2v) is 1.21. The van der Waals surface area contributed by atoms with Gasteiger partial charge in [-0.15, -0.1) is 0 Å². The molecule has 0 aliphatic heterocycles. The fourth-order valence-corrected chi connectivity index (χ4v) is 0. The molecule has 0 spiro atoms. The third-order valence-corrected chi connectivity index (χ3v) is 0. The molecule has 0 saturated carbocycles. The van der Waals surface area contributed by atoms with Crippen LogP contribution in [0.5, 0.6) is 0 Å². The first kappa shape index (κ1) is 29.3. The summed E-state index contributed by atoms with van der Waals surface area (Å²) in [6, 6.07) is 7.00. The van der Waals surface area contributed by atoms with Gasteiger partial charge in [0.15, 0.2) is 0 Å². The molecule has 0 atom stereocenters. The molecule has 0 saturated heterocycles. The predicted octanol–water partition coefficient (Wildman–Crippen LogP) is 2.12. The van der Waals surface area contributed by atoms with Crippen LogP contribution in [0.4, 0.5) is 0 Å². The van der Waals surface area contributed by atoms with Gasteiger partial charge in [-0.3, -0.25) is 0 Å². The van der Waals surface area contributed by atoms with E-state index in [9.17, 15) is 0 Å². The van der Waals surface area contributed by atoms with Crippen LogP contribution in [0, 0.1) is 45.3 Å². The lowest BCUT2D eigenvalue weighted by atomic mass is 10.9. The lowest BCUT2D eigenvalue weighted by Crippen LogP contribution is -1.57. The van der Waals surface area contributed by atoms with Gasteiger partial charge in [0, 0.05) is 34.3 Å². The Labute approximate surface area is 92.4 Å². The molecular weight excluding hydrogens is 192 g/mol. The average molecular weight is 210 g/mol. The molecule has 5 nitrogen and oxygen atoms in total. The normalized spacial score (nSPS) is 3.33. The van der Waals surface area contributed by atoms with E-state index in [0.717, 1.165) is 0 Å². The van der Waals surface area contributed by atoms with Gasteiger partial charge < -0.3 is 5.11 Å². The van der Waals surface area contributed by atoms with Crippen molar-refractivity contribution < 1.29 is 5.11 Å². The number of rotatable bonds is 0. The fourth-order valence-electron chi connectivity index (χ4n) is 0. The maximum Gasteiger partial charge on any atom is 0.0587 e. The van der Waals surface area contributed by atoms with E-state index >= 15 is 0 Å². The van der Waals surface area contributed by atoms with Crippen molar-refractivity contribution in [3.8, 4) is 24.3 Å². The topological polar surface area (TPSA) is 115 Å². The summed E-state index contributed by atoms with van der Waals surface area (Å²) in [5, 5.41) is 36.8. The molecule has 0 heterocycles. The minimum absolute atomic E-state index is 0.250. The summed E-state index contributed by atoms with van der Waals surface area (Å²) >= 11 is 0. The molecule has 0 aliphatic rings. The zero-order valence-electron chi connectivity index (χ0n) is 9.94. The second kappa shape index (κ2) is 167. The Morgan fingerprint density at radius 1 is 0.733 bits per heavy atom. The van der Waals surface area contributed by atoms with Crippen molar-refractivity contribution in [1.82, 2.24) is 0 Å². The van der Waals surface area contributed by atoms with E-state index in [0.29, 0.717) is 0 Å². The maximum absolute atomic E-state index is 7.57. The number of nitriles is 4. The first-order valence-electron chi connectivity index (χ1n) is 3.92. The maximum atomic E-state index is 7.57. The summed E-state index contributed by atoms with van der Waals surface area (Å²) in [6.45, 7) is 7.65. The highest BCUT2D eigenvalue weighted by Crippen LogP contribution is 1.30. The summed E-state index contributed by atoms with van der Waals surface area (Å²) in [4.78, 5) is 0. The van der Waals surface area contributed by atoms with Gasteiger partial charge in [-0.2, -0.15) is 21.0 Å². The monoisotopic (exact) mass is 210 g/mol. The largest absolute Gasteiger partial charge is 0.397 e. The highest BCUT2D eigenvalue weighted by atomic mass is 16.2.